The van der Waals surface area contributed by atoms with Crippen molar-refractivity contribution < 1.29 is 22.7 Å². The van der Waals surface area contributed by atoms with Gasteiger partial charge in [-0.2, -0.15) is 0 Å². The molecule has 0 aliphatic carbocycles. The monoisotopic (exact) mass is 338 g/mol. The van der Waals surface area contributed by atoms with Crippen molar-refractivity contribution in [1.82, 2.24) is 10.6 Å². The Morgan fingerprint density at radius 3 is 2.42 bits per heavy atom. The molecule has 128 valence electrons. The van der Waals surface area contributed by atoms with Gasteiger partial charge in [0.1, 0.15) is 18.2 Å². The minimum absolute atomic E-state index is 0.103. The highest BCUT2D eigenvalue weighted by atomic mass is 19.2. The maximum absolute atomic E-state index is 13.4. The summed E-state index contributed by atoms with van der Waals surface area (Å²) < 4.78 is 44.3. The Morgan fingerprint density at radius 1 is 0.917 bits per heavy atom. The van der Waals surface area contributed by atoms with Crippen LogP contribution in [0, 0.1) is 17.5 Å². The van der Waals surface area contributed by atoms with Gasteiger partial charge in [-0.1, -0.05) is 18.2 Å². The Hall–Kier alpha value is -2.70. The third kappa shape index (κ3) is 5.49. The molecule has 0 spiro atoms. The summed E-state index contributed by atoms with van der Waals surface area (Å²) in [5.74, 6) is -2.07. The highest BCUT2D eigenvalue weighted by Gasteiger charge is 2.04. The fraction of sp³-hybridized carbons (Fsp3) is 0.235. The number of ether oxygens (including phenoxy) is 1. The summed E-state index contributed by atoms with van der Waals surface area (Å²) in [4.78, 5) is 11.5. The summed E-state index contributed by atoms with van der Waals surface area (Å²) in [5, 5.41) is 5.13. The van der Waals surface area contributed by atoms with Gasteiger partial charge in [-0.15, -0.1) is 0 Å². The first-order valence-corrected chi connectivity index (χ1v) is 7.39. The number of benzene rings is 2. The first-order chi connectivity index (χ1) is 11.6. The number of amides is 2. The van der Waals surface area contributed by atoms with Gasteiger partial charge < -0.3 is 15.4 Å². The lowest BCUT2D eigenvalue weighted by molar-refractivity contribution is 0.236. The Bertz CT molecular complexity index is 695. The van der Waals surface area contributed by atoms with Crippen molar-refractivity contribution in [2.24, 2.45) is 0 Å². The van der Waals surface area contributed by atoms with Crippen LogP contribution >= 0.6 is 0 Å². The maximum atomic E-state index is 13.4. The maximum Gasteiger partial charge on any atom is 0.314 e. The van der Waals surface area contributed by atoms with Crippen LogP contribution in [-0.4, -0.2) is 25.7 Å². The van der Waals surface area contributed by atoms with E-state index >= 15 is 0 Å². The van der Waals surface area contributed by atoms with Crippen LogP contribution in [0.15, 0.2) is 42.5 Å². The predicted molar refractivity (Wildman–Crippen MR) is 83.4 cm³/mol. The van der Waals surface area contributed by atoms with Crippen molar-refractivity contribution in [3.05, 3.63) is 65.5 Å². The topological polar surface area (TPSA) is 50.4 Å². The zero-order chi connectivity index (χ0) is 17.4. The van der Waals surface area contributed by atoms with Gasteiger partial charge in [-0.3, -0.25) is 0 Å². The van der Waals surface area contributed by atoms with Gasteiger partial charge in [0.05, 0.1) is 6.54 Å². The average molecular weight is 338 g/mol. The van der Waals surface area contributed by atoms with E-state index in [1.54, 1.807) is 18.2 Å². The summed E-state index contributed by atoms with van der Waals surface area (Å²) in [5.41, 5.74) is 0.527. The van der Waals surface area contributed by atoms with Gasteiger partial charge in [-0.05, 0) is 30.2 Å². The van der Waals surface area contributed by atoms with Crippen LogP contribution in [0.25, 0.3) is 0 Å². The molecule has 2 aromatic rings. The summed E-state index contributed by atoms with van der Waals surface area (Å²) in [7, 11) is 0. The van der Waals surface area contributed by atoms with Crippen molar-refractivity contribution in [3.63, 3.8) is 0 Å². The van der Waals surface area contributed by atoms with Crippen LogP contribution in [0.1, 0.15) is 5.56 Å². The molecule has 24 heavy (non-hydrogen) atoms. The standard InChI is InChI=1S/C17H17F3N2O2/c18-14-4-2-1-3-12(14)7-8-21-17(23)22-9-10-24-13-5-6-15(19)16(20)11-13/h1-6,11H,7-10H2,(H2,21,22,23). The molecule has 0 heterocycles. The molecule has 0 saturated heterocycles. The average Bonchev–Trinajstić information content (AvgIpc) is 2.56. The molecule has 2 amide bonds. The van der Waals surface area contributed by atoms with Crippen LogP contribution in [-0.2, 0) is 6.42 Å². The van der Waals surface area contributed by atoms with Crippen LogP contribution in [0.4, 0.5) is 18.0 Å². The molecular formula is C17H17F3N2O2. The molecule has 2 aromatic carbocycles. The van der Waals surface area contributed by atoms with E-state index in [1.807, 2.05) is 0 Å². The molecule has 4 nitrogen and oxygen atoms in total. The quantitative estimate of drug-likeness (QED) is 0.763. The summed E-state index contributed by atoms with van der Waals surface area (Å²) in [6, 6.07) is 9.14. The normalized spacial score (nSPS) is 10.3. The number of carbonyl (C=O) groups excluding carboxylic acids is 1. The minimum atomic E-state index is -0.994. The second-order valence-corrected chi connectivity index (χ2v) is 4.95. The van der Waals surface area contributed by atoms with Gasteiger partial charge in [0.15, 0.2) is 11.6 Å². The Labute approximate surface area is 137 Å². The number of rotatable bonds is 7. The van der Waals surface area contributed by atoms with Gasteiger partial charge in [0.2, 0.25) is 0 Å². The number of halogens is 3. The Balaban J connectivity index is 1.61. The van der Waals surface area contributed by atoms with Crippen LogP contribution in [0.3, 0.4) is 0 Å². The van der Waals surface area contributed by atoms with E-state index < -0.39 is 17.7 Å². The predicted octanol–water partition coefficient (Wildman–Crippen LogP) is 3.02. The lowest BCUT2D eigenvalue weighted by Gasteiger charge is -2.09. The van der Waals surface area contributed by atoms with Crippen LogP contribution in [0.5, 0.6) is 5.75 Å². The van der Waals surface area contributed by atoms with E-state index in [0.29, 0.717) is 12.0 Å². The van der Waals surface area contributed by atoms with Gasteiger partial charge >= 0.3 is 6.03 Å². The molecule has 0 bridgehead atoms. The molecule has 0 fully saturated rings. The highest BCUT2D eigenvalue weighted by Crippen LogP contribution is 2.14. The molecular weight excluding hydrogens is 321 g/mol. The summed E-state index contributed by atoms with van der Waals surface area (Å²) in [6.07, 6.45) is 0.380. The lowest BCUT2D eigenvalue weighted by Crippen LogP contribution is -2.38. The van der Waals surface area contributed by atoms with Crippen molar-refractivity contribution in [1.29, 1.82) is 0 Å². The highest BCUT2D eigenvalue weighted by molar-refractivity contribution is 5.73. The third-order valence-electron chi connectivity index (χ3n) is 3.19. The van der Waals surface area contributed by atoms with Gasteiger partial charge in [0.25, 0.3) is 0 Å². The van der Waals surface area contributed by atoms with E-state index in [-0.39, 0.29) is 31.3 Å². The van der Waals surface area contributed by atoms with Crippen molar-refractivity contribution in [3.8, 4) is 5.75 Å². The number of hydrogen-bond acceptors (Lipinski definition) is 2. The first-order valence-electron chi connectivity index (χ1n) is 7.39. The number of urea groups is 1. The second-order valence-electron chi connectivity index (χ2n) is 4.95. The molecule has 0 unspecified atom stereocenters. The second kappa shape index (κ2) is 8.81. The van der Waals surface area contributed by atoms with Gasteiger partial charge in [0, 0.05) is 12.6 Å². The SMILES string of the molecule is O=C(NCCOc1ccc(F)c(F)c1)NCCc1ccccc1F. The zero-order valence-electron chi connectivity index (χ0n) is 12.8. The van der Waals surface area contributed by atoms with E-state index in [9.17, 15) is 18.0 Å². The molecule has 0 saturated carbocycles. The molecule has 0 aromatic heterocycles. The lowest BCUT2D eigenvalue weighted by atomic mass is 10.1. The number of carbonyl (C=O) groups is 1. The fourth-order valence-corrected chi connectivity index (χ4v) is 1.97. The smallest absolute Gasteiger partial charge is 0.314 e. The fourth-order valence-electron chi connectivity index (χ4n) is 1.97. The van der Waals surface area contributed by atoms with E-state index in [2.05, 4.69) is 10.6 Å². The minimum Gasteiger partial charge on any atom is -0.492 e. The van der Waals surface area contributed by atoms with E-state index in [4.69, 9.17) is 4.74 Å². The van der Waals surface area contributed by atoms with Crippen LogP contribution in [0.2, 0.25) is 0 Å². The number of nitrogens with one attached hydrogen (secondary N) is 2. The molecule has 0 atom stereocenters. The Kier molecular flexibility index (Phi) is 6.48. The largest absolute Gasteiger partial charge is 0.492 e. The summed E-state index contributed by atoms with van der Waals surface area (Å²) >= 11 is 0. The Morgan fingerprint density at radius 2 is 1.67 bits per heavy atom. The third-order valence-corrected chi connectivity index (χ3v) is 3.19. The molecule has 0 radical (unpaired) electrons. The van der Waals surface area contributed by atoms with Crippen molar-refractivity contribution in [2.75, 3.05) is 19.7 Å². The summed E-state index contributed by atoms with van der Waals surface area (Å²) in [6.45, 7) is 0.577. The van der Waals surface area contributed by atoms with Crippen LogP contribution < -0.4 is 15.4 Å². The van der Waals surface area contributed by atoms with Crippen molar-refractivity contribution >= 4 is 6.03 Å². The number of hydrogen-bond donors (Lipinski definition) is 2. The molecule has 7 heteroatoms. The molecule has 2 rings (SSSR count). The first kappa shape index (κ1) is 17.7. The van der Waals surface area contributed by atoms with Crippen molar-refractivity contribution in [2.45, 2.75) is 6.42 Å². The van der Waals surface area contributed by atoms with Gasteiger partial charge in [-0.25, -0.2) is 18.0 Å². The molecule has 0 aliphatic rings. The molecule has 2 N–H and O–H groups in total. The zero-order valence-corrected chi connectivity index (χ0v) is 12.8. The van der Waals surface area contributed by atoms with E-state index in [0.717, 1.165) is 12.1 Å². The molecule has 0 aliphatic heterocycles. The van der Waals surface area contributed by atoms with E-state index in [1.165, 1.54) is 12.1 Å².